The molecule has 0 saturated carbocycles. The Labute approximate surface area is 146 Å². The fraction of sp³-hybridized carbons (Fsp3) is 0. The topological polar surface area (TPSA) is 87.6 Å². The highest BCUT2D eigenvalue weighted by molar-refractivity contribution is 6.31. The predicted molar refractivity (Wildman–Crippen MR) is 94.8 cm³/mol. The van der Waals surface area contributed by atoms with E-state index in [9.17, 15) is 9.18 Å². The van der Waals surface area contributed by atoms with E-state index in [1.807, 2.05) is 12.1 Å². The minimum Gasteiger partial charge on any atom is -0.366 e. The van der Waals surface area contributed by atoms with Crippen LogP contribution in [0, 0.1) is 5.82 Å². The maximum atomic E-state index is 14.4. The van der Waals surface area contributed by atoms with E-state index < -0.39 is 11.7 Å². The minimum absolute atomic E-state index is 0.0268. The minimum atomic E-state index is -0.656. The number of H-pyrrole nitrogens is 2. The van der Waals surface area contributed by atoms with Crippen LogP contribution >= 0.6 is 11.6 Å². The number of nitrogens with one attached hydrogen (secondary N) is 2. The zero-order valence-electron chi connectivity index (χ0n) is 12.8. The quantitative estimate of drug-likeness (QED) is 0.517. The molecule has 3 aromatic heterocycles. The Hall–Kier alpha value is -3.12. The molecule has 4 N–H and O–H groups in total. The van der Waals surface area contributed by atoms with Crippen LogP contribution in [0.5, 0.6) is 0 Å². The van der Waals surface area contributed by atoms with Crippen LogP contribution in [-0.4, -0.2) is 20.9 Å². The third kappa shape index (κ3) is 2.47. The van der Waals surface area contributed by atoms with E-state index in [-0.39, 0.29) is 16.1 Å². The number of halogens is 2. The summed E-state index contributed by atoms with van der Waals surface area (Å²) in [6, 6.07) is 9.90. The number of benzene rings is 1. The van der Waals surface area contributed by atoms with Crippen LogP contribution in [0.2, 0.25) is 5.02 Å². The van der Waals surface area contributed by atoms with Crippen molar-refractivity contribution in [3.05, 3.63) is 65.2 Å². The third-order valence-corrected chi connectivity index (χ3v) is 4.35. The van der Waals surface area contributed by atoms with Gasteiger partial charge in [-0.3, -0.25) is 4.79 Å². The maximum absolute atomic E-state index is 14.4. The number of carbonyl (C=O) groups is 1. The van der Waals surface area contributed by atoms with Gasteiger partial charge in [0.2, 0.25) is 0 Å². The molecule has 5 nitrogen and oxygen atoms in total. The molecule has 124 valence electrons. The average Bonchev–Trinajstić information content (AvgIpc) is 3.23. The molecule has 4 rings (SSSR count). The summed E-state index contributed by atoms with van der Waals surface area (Å²) in [6.07, 6.45) is 3.43. The number of pyridine rings is 1. The van der Waals surface area contributed by atoms with E-state index in [1.54, 1.807) is 30.6 Å². The Morgan fingerprint density at radius 2 is 2.04 bits per heavy atom. The first-order valence-corrected chi connectivity index (χ1v) is 7.83. The molecule has 25 heavy (non-hydrogen) atoms. The zero-order chi connectivity index (χ0) is 17.6. The summed E-state index contributed by atoms with van der Waals surface area (Å²) < 4.78 is 14.4. The van der Waals surface area contributed by atoms with Crippen molar-refractivity contribution >= 4 is 28.5 Å². The molecular weight excluding hydrogens is 343 g/mol. The van der Waals surface area contributed by atoms with Gasteiger partial charge in [-0.1, -0.05) is 17.7 Å². The number of fused-ring (bicyclic) bond motifs is 1. The van der Waals surface area contributed by atoms with Crippen LogP contribution in [0.4, 0.5) is 4.39 Å². The van der Waals surface area contributed by atoms with Gasteiger partial charge in [0.25, 0.3) is 5.91 Å². The fourth-order valence-electron chi connectivity index (χ4n) is 2.90. The van der Waals surface area contributed by atoms with Crippen LogP contribution in [-0.2, 0) is 0 Å². The lowest BCUT2D eigenvalue weighted by atomic mass is 10.1. The first kappa shape index (κ1) is 15.4. The first-order chi connectivity index (χ1) is 12.1. The van der Waals surface area contributed by atoms with E-state index in [4.69, 9.17) is 17.3 Å². The van der Waals surface area contributed by atoms with Crippen molar-refractivity contribution in [1.82, 2.24) is 15.0 Å². The summed E-state index contributed by atoms with van der Waals surface area (Å²) in [4.78, 5) is 22.2. The number of primary amides is 1. The lowest BCUT2D eigenvalue weighted by Gasteiger charge is -2.05. The van der Waals surface area contributed by atoms with Gasteiger partial charge >= 0.3 is 0 Å². The number of hydrogen-bond donors (Lipinski definition) is 3. The molecule has 0 fully saturated rings. The van der Waals surface area contributed by atoms with Crippen LogP contribution in [0.3, 0.4) is 0 Å². The van der Waals surface area contributed by atoms with Crippen molar-refractivity contribution in [2.24, 2.45) is 5.73 Å². The highest BCUT2D eigenvalue weighted by Gasteiger charge is 2.20. The Kier molecular flexibility index (Phi) is 3.54. The smallest absolute Gasteiger partial charge is 0.250 e. The molecule has 1 amide bonds. The fourth-order valence-corrected chi connectivity index (χ4v) is 3.07. The molecule has 1 aromatic carbocycles. The van der Waals surface area contributed by atoms with E-state index in [0.717, 1.165) is 10.9 Å². The number of amides is 1. The van der Waals surface area contributed by atoms with E-state index in [0.29, 0.717) is 17.0 Å². The molecule has 0 radical (unpaired) electrons. The largest absolute Gasteiger partial charge is 0.366 e. The Balaban J connectivity index is 1.97. The van der Waals surface area contributed by atoms with Crippen molar-refractivity contribution in [2.75, 3.05) is 0 Å². The number of aromatic amines is 2. The Morgan fingerprint density at radius 3 is 2.84 bits per heavy atom. The lowest BCUT2D eigenvalue weighted by molar-refractivity contribution is 0.100. The van der Waals surface area contributed by atoms with Crippen LogP contribution in [0.25, 0.3) is 33.5 Å². The van der Waals surface area contributed by atoms with Gasteiger partial charge in [-0.15, -0.1) is 0 Å². The molecule has 0 atom stereocenters. The van der Waals surface area contributed by atoms with Crippen LogP contribution in [0.15, 0.2) is 48.8 Å². The summed E-state index contributed by atoms with van der Waals surface area (Å²) in [5.41, 5.74) is 8.33. The number of rotatable bonds is 3. The number of carbonyl (C=O) groups excluding carboxylic acids is 1. The normalized spacial score (nSPS) is 11.1. The summed E-state index contributed by atoms with van der Waals surface area (Å²) in [7, 11) is 0. The number of nitrogens with zero attached hydrogens (tertiary/aromatic N) is 1. The summed E-state index contributed by atoms with van der Waals surface area (Å²) >= 11 is 5.87. The predicted octanol–water partition coefficient (Wildman–Crippen LogP) is 4.12. The average molecular weight is 355 g/mol. The molecule has 0 aliphatic carbocycles. The van der Waals surface area contributed by atoms with E-state index >= 15 is 0 Å². The standard InChI is InChI=1S/C18H12ClFN4O/c19-13-3-1-2-11(15(13)20)16-12(17(21)25)8-14(24-16)9-4-6-22-18-10(9)5-7-23-18/h1-8,24H,(H2,21,25)(H,22,23). The number of nitrogens with two attached hydrogens (primary N) is 1. The Bertz CT molecular complexity index is 1120. The first-order valence-electron chi connectivity index (χ1n) is 7.46. The van der Waals surface area contributed by atoms with Crippen molar-refractivity contribution in [1.29, 1.82) is 0 Å². The van der Waals surface area contributed by atoms with Crippen molar-refractivity contribution in [3.8, 4) is 22.5 Å². The molecule has 4 aromatic rings. The highest BCUT2D eigenvalue weighted by atomic mass is 35.5. The van der Waals surface area contributed by atoms with Gasteiger partial charge in [0.15, 0.2) is 5.82 Å². The molecule has 0 aliphatic heterocycles. The van der Waals surface area contributed by atoms with Crippen molar-refractivity contribution in [3.63, 3.8) is 0 Å². The third-order valence-electron chi connectivity index (χ3n) is 4.05. The summed E-state index contributed by atoms with van der Waals surface area (Å²) in [6.45, 7) is 0. The second kappa shape index (κ2) is 5.75. The molecule has 0 unspecified atom stereocenters. The zero-order valence-corrected chi connectivity index (χ0v) is 13.6. The molecular formula is C18H12ClFN4O. The molecule has 7 heteroatoms. The summed E-state index contributed by atoms with van der Waals surface area (Å²) in [5.74, 6) is -1.27. The monoisotopic (exact) mass is 354 g/mol. The second-order valence-corrected chi connectivity index (χ2v) is 5.94. The van der Waals surface area contributed by atoms with Gasteiger partial charge in [0.1, 0.15) is 5.65 Å². The van der Waals surface area contributed by atoms with Gasteiger partial charge in [-0.05, 0) is 30.3 Å². The highest BCUT2D eigenvalue weighted by Crippen LogP contribution is 2.34. The van der Waals surface area contributed by atoms with Gasteiger partial charge in [0.05, 0.1) is 16.3 Å². The molecule has 0 aliphatic rings. The van der Waals surface area contributed by atoms with Gasteiger partial charge < -0.3 is 15.7 Å². The second-order valence-electron chi connectivity index (χ2n) is 5.54. The van der Waals surface area contributed by atoms with Gasteiger partial charge in [0, 0.05) is 34.6 Å². The molecule has 3 heterocycles. The van der Waals surface area contributed by atoms with Crippen LogP contribution < -0.4 is 5.73 Å². The molecule has 0 spiro atoms. The molecule has 0 saturated heterocycles. The number of hydrogen-bond acceptors (Lipinski definition) is 2. The van der Waals surface area contributed by atoms with E-state index in [2.05, 4.69) is 15.0 Å². The molecule has 0 bridgehead atoms. The van der Waals surface area contributed by atoms with E-state index in [1.165, 1.54) is 6.07 Å². The maximum Gasteiger partial charge on any atom is 0.250 e. The SMILES string of the molecule is NC(=O)c1cc(-c2ccnc3[nH]ccc23)[nH]c1-c1cccc(Cl)c1F. The van der Waals surface area contributed by atoms with Crippen molar-refractivity contribution < 1.29 is 9.18 Å². The number of aromatic nitrogens is 3. The van der Waals surface area contributed by atoms with Crippen LogP contribution in [0.1, 0.15) is 10.4 Å². The lowest BCUT2D eigenvalue weighted by Crippen LogP contribution is -2.11. The van der Waals surface area contributed by atoms with Gasteiger partial charge in [-0.2, -0.15) is 0 Å². The van der Waals surface area contributed by atoms with Gasteiger partial charge in [-0.25, -0.2) is 9.37 Å². The summed E-state index contributed by atoms with van der Waals surface area (Å²) in [5, 5.41) is 0.846. The Morgan fingerprint density at radius 1 is 1.20 bits per heavy atom. The van der Waals surface area contributed by atoms with Crippen molar-refractivity contribution in [2.45, 2.75) is 0 Å².